The van der Waals surface area contributed by atoms with Crippen molar-refractivity contribution in [3.05, 3.63) is 30.3 Å². The maximum atomic E-state index is 8.59. The molecule has 0 unspecified atom stereocenters. The highest BCUT2D eigenvalue weighted by Gasteiger charge is 1.91. The number of aliphatic hydroxyl groups excluding tert-OH is 1. The normalized spacial score (nSPS) is 10.3. The highest BCUT2D eigenvalue weighted by molar-refractivity contribution is 5.20. The Hall–Kier alpha value is -1.06. The summed E-state index contributed by atoms with van der Waals surface area (Å²) < 4.78 is 5.53. The van der Waals surface area contributed by atoms with Gasteiger partial charge in [-0.05, 0) is 37.9 Å². The maximum Gasteiger partial charge on any atom is 0.119 e. The average Bonchev–Trinajstić information content (AvgIpc) is 2.34. The molecule has 0 atom stereocenters. The number of benzene rings is 1. The van der Waals surface area contributed by atoms with E-state index >= 15 is 0 Å². The second kappa shape index (κ2) is 9.19. The Balaban J connectivity index is 1.89. The molecular weight excluding hydrogens is 202 g/mol. The van der Waals surface area contributed by atoms with Crippen LogP contribution in [0.3, 0.4) is 0 Å². The van der Waals surface area contributed by atoms with E-state index < -0.39 is 0 Å². The molecule has 1 aromatic carbocycles. The summed E-state index contributed by atoms with van der Waals surface area (Å²) in [6.45, 7) is 2.87. The second-order valence-corrected chi connectivity index (χ2v) is 3.70. The van der Waals surface area contributed by atoms with Gasteiger partial charge in [0.05, 0.1) is 0 Å². The van der Waals surface area contributed by atoms with Gasteiger partial charge in [0.1, 0.15) is 12.4 Å². The molecule has 0 aliphatic heterocycles. The van der Waals surface area contributed by atoms with E-state index in [4.69, 9.17) is 9.84 Å². The molecule has 0 radical (unpaired) electrons. The van der Waals surface area contributed by atoms with Crippen LogP contribution in [0.25, 0.3) is 0 Å². The molecular formula is C13H21NO2. The Kier molecular flexibility index (Phi) is 7.47. The molecule has 1 aromatic rings. The van der Waals surface area contributed by atoms with Crippen LogP contribution in [0.5, 0.6) is 5.75 Å². The van der Waals surface area contributed by atoms with Crippen LogP contribution >= 0.6 is 0 Å². The quantitative estimate of drug-likeness (QED) is 0.627. The van der Waals surface area contributed by atoms with Crippen LogP contribution in [0.2, 0.25) is 0 Å². The van der Waals surface area contributed by atoms with Gasteiger partial charge in [0, 0.05) is 13.2 Å². The number of rotatable bonds is 9. The fraction of sp³-hybridized carbons (Fsp3) is 0.538. The molecule has 0 spiro atoms. The first-order valence-corrected chi connectivity index (χ1v) is 5.93. The van der Waals surface area contributed by atoms with E-state index in [0.29, 0.717) is 13.2 Å². The van der Waals surface area contributed by atoms with Crippen molar-refractivity contribution in [3.8, 4) is 5.75 Å². The third-order valence-electron chi connectivity index (χ3n) is 2.30. The number of nitrogens with one attached hydrogen (secondary N) is 1. The zero-order valence-electron chi connectivity index (χ0n) is 9.69. The van der Waals surface area contributed by atoms with Crippen molar-refractivity contribution in [1.29, 1.82) is 0 Å². The van der Waals surface area contributed by atoms with Crippen molar-refractivity contribution >= 4 is 0 Å². The van der Waals surface area contributed by atoms with Gasteiger partial charge < -0.3 is 15.2 Å². The fourth-order valence-corrected chi connectivity index (χ4v) is 1.42. The molecule has 0 bridgehead atoms. The molecule has 3 heteroatoms. The number of ether oxygens (including phenoxy) is 1. The number of unbranched alkanes of at least 4 members (excludes halogenated alkanes) is 2. The Morgan fingerprint density at radius 2 is 1.81 bits per heavy atom. The zero-order valence-corrected chi connectivity index (χ0v) is 9.69. The van der Waals surface area contributed by atoms with Crippen molar-refractivity contribution in [2.75, 3.05) is 26.3 Å². The van der Waals surface area contributed by atoms with Crippen LogP contribution < -0.4 is 10.1 Å². The van der Waals surface area contributed by atoms with Crippen molar-refractivity contribution in [2.24, 2.45) is 0 Å². The monoisotopic (exact) mass is 223 g/mol. The van der Waals surface area contributed by atoms with Crippen LogP contribution in [0.15, 0.2) is 30.3 Å². The molecule has 0 aliphatic rings. The minimum absolute atomic E-state index is 0.303. The van der Waals surface area contributed by atoms with Gasteiger partial charge in [0.15, 0.2) is 0 Å². The lowest BCUT2D eigenvalue weighted by Crippen LogP contribution is -2.22. The molecule has 0 heterocycles. The average molecular weight is 223 g/mol. The first-order valence-electron chi connectivity index (χ1n) is 5.93. The smallest absolute Gasteiger partial charge is 0.119 e. The molecule has 0 aliphatic carbocycles. The summed E-state index contributed by atoms with van der Waals surface area (Å²) in [5.41, 5.74) is 0. The van der Waals surface area contributed by atoms with Crippen molar-refractivity contribution in [3.63, 3.8) is 0 Å². The summed E-state index contributed by atoms with van der Waals surface area (Å²) in [5.74, 6) is 0.921. The molecule has 16 heavy (non-hydrogen) atoms. The molecule has 0 aromatic heterocycles. The number of hydrogen-bond acceptors (Lipinski definition) is 3. The van der Waals surface area contributed by atoms with Gasteiger partial charge in [0.2, 0.25) is 0 Å². The first-order chi connectivity index (χ1) is 7.93. The lowest BCUT2D eigenvalue weighted by atomic mass is 10.2. The predicted octanol–water partition coefficient (Wildman–Crippen LogP) is 1.82. The minimum Gasteiger partial charge on any atom is -0.492 e. The van der Waals surface area contributed by atoms with Crippen molar-refractivity contribution < 1.29 is 9.84 Å². The van der Waals surface area contributed by atoms with Gasteiger partial charge in [-0.1, -0.05) is 18.2 Å². The lowest BCUT2D eigenvalue weighted by Gasteiger charge is -2.07. The van der Waals surface area contributed by atoms with E-state index in [1.54, 1.807) is 0 Å². The Morgan fingerprint density at radius 3 is 2.56 bits per heavy atom. The third kappa shape index (κ3) is 6.43. The molecule has 90 valence electrons. The third-order valence-corrected chi connectivity index (χ3v) is 2.30. The molecule has 0 saturated heterocycles. The number of hydrogen-bond donors (Lipinski definition) is 2. The largest absolute Gasteiger partial charge is 0.492 e. The zero-order chi connectivity index (χ0) is 11.5. The minimum atomic E-state index is 0.303. The highest BCUT2D eigenvalue weighted by atomic mass is 16.5. The standard InChI is InChI=1S/C13H21NO2/c15-11-6-2-5-9-14-10-12-16-13-7-3-1-4-8-13/h1,3-4,7-8,14-15H,2,5-6,9-12H2. The van der Waals surface area contributed by atoms with Gasteiger partial charge >= 0.3 is 0 Å². The second-order valence-electron chi connectivity index (χ2n) is 3.70. The van der Waals surface area contributed by atoms with E-state index in [2.05, 4.69) is 5.32 Å². The van der Waals surface area contributed by atoms with E-state index in [1.807, 2.05) is 30.3 Å². The Morgan fingerprint density at radius 1 is 1.00 bits per heavy atom. The van der Waals surface area contributed by atoms with Crippen LogP contribution in [0.1, 0.15) is 19.3 Å². The van der Waals surface area contributed by atoms with Gasteiger partial charge in [0.25, 0.3) is 0 Å². The summed E-state index contributed by atoms with van der Waals surface area (Å²) in [4.78, 5) is 0. The van der Waals surface area contributed by atoms with Crippen LogP contribution in [-0.2, 0) is 0 Å². The van der Waals surface area contributed by atoms with Gasteiger partial charge in [-0.25, -0.2) is 0 Å². The van der Waals surface area contributed by atoms with Gasteiger partial charge in [-0.2, -0.15) is 0 Å². The Bertz CT molecular complexity index is 251. The van der Waals surface area contributed by atoms with Gasteiger partial charge in [-0.3, -0.25) is 0 Å². The SMILES string of the molecule is OCCCCCNCCOc1ccccc1. The molecule has 3 nitrogen and oxygen atoms in total. The highest BCUT2D eigenvalue weighted by Crippen LogP contribution is 2.07. The molecule has 1 rings (SSSR count). The number of aliphatic hydroxyl groups is 1. The van der Waals surface area contributed by atoms with E-state index in [9.17, 15) is 0 Å². The van der Waals surface area contributed by atoms with Crippen LogP contribution in [0, 0.1) is 0 Å². The number of para-hydroxylation sites is 1. The van der Waals surface area contributed by atoms with E-state index in [1.165, 1.54) is 0 Å². The van der Waals surface area contributed by atoms with E-state index in [-0.39, 0.29) is 0 Å². The molecule has 2 N–H and O–H groups in total. The lowest BCUT2D eigenvalue weighted by molar-refractivity contribution is 0.281. The summed E-state index contributed by atoms with van der Waals surface area (Å²) in [6.07, 6.45) is 3.11. The summed E-state index contributed by atoms with van der Waals surface area (Å²) >= 11 is 0. The molecule has 0 fully saturated rings. The summed E-state index contributed by atoms with van der Waals surface area (Å²) in [5, 5.41) is 11.9. The summed E-state index contributed by atoms with van der Waals surface area (Å²) in [6, 6.07) is 9.84. The van der Waals surface area contributed by atoms with Crippen LogP contribution in [0.4, 0.5) is 0 Å². The fourth-order valence-electron chi connectivity index (χ4n) is 1.42. The first kappa shape index (κ1) is 13.0. The molecule has 0 saturated carbocycles. The van der Waals surface area contributed by atoms with Crippen molar-refractivity contribution in [2.45, 2.75) is 19.3 Å². The van der Waals surface area contributed by atoms with Crippen molar-refractivity contribution in [1.82, 2.24) is 5.32 Å². The summed E-state index contributed by atoms with van der Waals surface area (Å²) in [7, 11) is 0. The molecule has 0 amide bonds. The maximum absolute atomic E-state index is 8.59. The van der Waals surface area contributed by atoms with Crippen LogP contribution in [-0.4, -0.2) is 31.4 Å². The Labute approximate surface area is 97.4 Å². The van der Waals surface area contributed by atoms with E-state index in [0.717, 1.165) is 38.1 Å². The van der Waals surface area contributed by atoms with Gasteiger partial charge in [-0.15, -0.1) is 0 Å². The topological polar surface area (TPSA) is 41.5 Å². The predicted molar refractivity (Wildman–Crippen MR) is 65.7 cm³/mol.